The van der Waals surface area contributed by atoms with Crippen molar-refractivity contribution in [2.24, 2.45) is 0 Å². The minimum absolute atomic E-state index is 0.0126. The minimum Gasteiger partial charge on any atom is -0.509 e. The molecule has 0 radical (unpaired) electrons. The molecule has 6 heteroatoms. The fourth-order valence-corrected chi connectivity index (χ4v) is 5.70. The molecule has 3 aromatic rings. The monoisotopic (exact) mass is 454 g/mol. The molecular weight excluding hydrogens is 428 g/mol. The van der Waals surface area contributed by atoms with Gasteiger partial charge in [-0.2, -0.15) is 0 Å². The lowest BCUT2D eigenvalue weighted by Crippen LogP contribution is -2.47. The number of benzene rings is 3. The highest BCUT2D eigenvalue weighted by Crippen LogP contribution is 2.53. The zero-order valence-electron chi connectivity index (χ0n) is 18.7. The Bertz CT molecular complexity index is 1240. The molecule has 2 heterocycles. The number of Topliss-reactive ketones (excluding diaryl/α,β-unsaturated/α-hetero) is 1. The first-order valence-electron chi connectivity index (χ1n) is 11.8. The zero-order chi connectivity index (χ0) is 23.4. The molecule has 1 atom stereocenters. The van der Waals surface area contributed by atoms with Crippen molar-refractivity contribution in [1.82, 2.24) is 0 Å². The average molecular weight is 455 g/mol. The predicted octanol–water partition coefficient (Wildman–Crippen LogP) is 4.86. The summed E-state index contributed by atoms with van der Waals surface area (Å²) in [6.45, 7) is 1.80. The molecule has 34 heavy (non-hydrogen) atoms. The summed E-state index contributed by atoms with van der Waals surface area (Å²) in [5.74, 6) is -0.630. The molecule has 0 bridgehead atoms. The number of aliphatic hydroxyl groups is 1. The molecule has 3 aromatic carbocycles. The number of ketones is 1. The number of aromatic hydroxyl groups is 2. The van der Waals surface area contributed by atoms with E-state index < -0.39 is 6.04 Å². The summed E-state index contributed by atoms with van der Waals surface area (Å²) >= 11 is 0. The van der Waals surface area contributed by atoms with E-state index in [2.05, 4.69) is 4.90 Å². The number of hydrogen-bond acceptors (Lipinski definition) is 6. The molecule has 1 aliphatic carbocycles. The highest BCUT2D eigenvalue weighted by molar-refractivity contribution is 6.34. The van der Waals surface area contributed by atoms with Crippen LogP contribution in [-0.2, 0) is 17.6 Å². The molecule has 3 aliphatic rings. The van der Waals surface area contributed by atoms with Gasteiger partial charge in [-0.1, -0.05) is 36.4 Å². The lowest BCUT2D eigenvalue weighted by molar-refractivity contribution is -0.116. The number of hydrogen-bond donors (Lipinski definition) is 3. The molecular formula is C28H26N2O4. The molecule has 0 saturated heterocycles. The molecule has 2 aliphatic heterocycles. The van der Waals surface area contributed by atoms with Crippen molar-refractivity contribution >= 4 is 28.4 Å². The van der Waals surface area contributed by atoms with Crippen molar-refractivity contribution in [1.29, 1.82) is 0 Å². The lowest BCUT2D eigenvalue weighted by Gasteiger charge is -2.41. The van der Waals surface area contributed by atoms with Gasteiger partial charge in [0.2, 0.25) is 0 Å². The Hall–Kier alpha value is -3.93. The van der Waals surface area contributed by atoms with Gasteiger partial charge in [0.25, 0.3) is 0 Å². The number of rotatable bonds is 4. The first kappa shape index (κ1) is 20.7. The van der Waals surface area contributed by atoms with Gasteiger partial charge in [-0.25, -0.2) is 0 Å². The molecule has 1 unspecified atom stereocenters. The third-order valence-corrected chi connectivity index (χ3v) is 7.23. The van der Waals surface area contributed by atoms with E-state index in [1.165, 1.54) is 0 Å². The Morgan fingerprint density at radius 3 is 1.74 bits per heavy atom. The Labute approximate surface area is 198 Å². The van der Waals surface area contributed by atoms with Gasteiger partial charge in [-0.15, -0.1) is 0 Å². The van der Waals surface area contributed by atoms with Crippen molar-refractivity contribution in [2.75, 3.05) is 22.9 Å². The Balaban J connectivity index is 1.50. The predicted molar refractivity (Wildman–Crippen MR) is 132 cm³/mol. The summed E-state index contributed by atoms with van der Waals surface area (Å²) < 4.78 is 0. The number of para-hydroxylation sites is 2. The van der Waals surface area contributed by atoms with Crippen molar-refractivity contribution < 1.29 is 20.1 Å². The quantitative estimate of drug-likeness (QED) is 0.522. The SMILES string of the molecule is O=C1C(c2c(O)c3c4c(c2O)CCCN4CCC3)=C(O)C1N(c1ccccc1)c1ccccc1. The van der Waals surface area contributed by atoms with Gasteiger partial charge in [-0.05, 0) is 49.9 Å². The second kappa shape index (κ2) is 7.83. The summed E-state index contributed by atoms with van der Waals surface area (Å²) in [5.41, 5.74) is 4.08. The molecule has 0 aromatic heterocycles. The van der Waals surface area contributed by atoms with E-state index in [4.69, 9.17) is 0 Å². The molecule has 3 N–H and O–H groups in total. The second-order valence-corrected chi connectivity index (χ2v) is 9.14. The van der Waals surface area contributed by atoms with Gasteiger partial charge in [0.15, 0.2) is 11.8 Å². The van der Waals surface area contributed by atoms with Crippen LogP contribution in [0.25, 0.3) is 5.57 Å². The van der Waals surface area contributed by atoms with Gasteiger partial charge in [-0.3, -0.25) is 4.79 Å². The van der Waals surface area contributed by atoms with Crippen LogP contribution in [0, 0.1) is 0 Å². The van der Waals surface area contributed by atoms with E-state index in [-0.39, 0.29) is 34.2 Å². The van der Waals surface area contributed by atoms with Crippen LogP contribution in [0.15, 0.2) is 66.4 Å². The smallest absolute Gasteiger partial charge is 0.197 e. The van der Waals surface area contributed by atoms with E-state index in [1.807, 2.05) is 60.7 Å². The largest absolute Gasteiger partial charge is 0.509 e. The van der Waals surface area contributed by atoms with Crippen LogP contribution >= 0.6 is 0 Å². The van der Waals surface area contributed by atoms with Gasteiger partial charge in [0.05, 0.1) is 16.8 Å². The molecule has 0 spiro atoms. The van der Waals surface area contributed by atoms with E-state index in [1.54, 1.807) is 4.90 Å². The number of phenolic OH excluding ortho intramolecular Hbond substituents is 2. The van der Waals surface area contributed by atoms with Gasteiger partial charge in [0, 0.05) is 35.6 Å². The van der Waals surface area contributed by atoms with Crippen LogP contribution in [0.3, 0.4) is 0 Å². The fourth-order valence-electron chi connectivity index (χ4n) is 5.70. The number of aliphatic hydroxyl groups excluding tert-OH is 1. The number of carbonyl (C=O) groups is 1. The van der Waals surface area contributed by atoms with Crippen molar-refractivity contribution in [2.45, 2.75) is 31.7 Å². The van der Waals surface area contributed by atoms with E-state index in [9.17, 15) is 20.1 Å². The van der Waals surface area contributed by atoms with Crippen molar-refractivity contribution in [3.05, 3.63) is 83.1 Å². The van der Waals surface area contributed by atoms with Gasteiger partial charge in [0.1, 0.15) is 17.3 Å². The Morgan fingerprint density at radius 2 is 1.26 bits per heavy atom. The van der Waals surface area contributed by atoms with Crippen molar-refractivity contribution in [3.63, 3.8) is 0 Å². The molecule has 0 saturated carbocycles. The maximum atomic E-state index is 13.6. The first-order chi connectivity index (χ1) is 16.6. The number of nitrogens with zero attached hydrogens (tertiary/aromatic N) is 2. The Morgan fingerprint density at radius 1 is 0.765 bits per heavy atom. The molecule has 0 fully saturated rings. The van der Waals surface area contributed by atoms with Gasteiger partial charge < -0.3 is 25.1 Å². The number of phenols is 2. The highest BCUT2D eigenvalue weighted by atomic mass is 16.3. The molecule has 0 amide bonds. The van der Waals surface area contributed by atoms with E-state index in [0.29, 0.717) is 12.8 Å². The van der Waals surface area contributed by atoms with Crippen LogP contribution in [-0.4, -0.2) is 40.2 Å². The summed E-state index contributed by atoms with van der Waals surface area (Å²) in [7, 11) is 0. The summed E-state index contributed by atoms with van der Waals surface area (Å²) in [6.07, 6.45) is 3.18. The molecule has 6 rings (SSSR count). The van der Waals surface area contributed by atoms with Crippen LogP contribution in [0.5, 0.6) is 11.5 Å². The van der Waals surface area contributed by atoms with E-state index >= 15 is 0 Å². The summed E-state index contributed by atoms with van der Waals surface area (Å²) in [5, 5.41) is 33.7. The molecule has 172 valence electrons. The third kappa shape index (κ3) is 2.91. The maximum Gasteiger partial charge on any atom is 0.197 e. The fraction of sp³-hybridized carbons (Fsp3) is 0.250. The van der Waals surface area contributed by atoms with Gasteiger partial charge >= 0.3 is 0 Å². The topological polar surface area (TPSA) is 84.2 Å². The second-order valence-electron chi connectivity index (χ2n) is 9.14. The zero-order valence-corrected chi connectivity index (χ0v) is 18.7. The van der Waals surface area contributed by atoms with Crippen LogP contribution in [0.4, 0.5) is 17.1 Å². The van der Waals surface area contributed by atoms with Crippen LogP contribution < -0.4 is 9.80 Å². The normalized spacial score (nSPS) is 19.0. The average Bonchev–Trinajstić information content (AvgIpc) is 2.89. The lowest BCUT2D eigenvalue weighted by atomic mass is 9.78. The maximum absolute atomic E-state index is 13.6. The third-order valence-electron chi connectivity index (χ3n) is 7.23. The first-order valence-corrected chi connectivity index (χ1v) is 11.8. The minimum atomic E-state index is -0.928. The Kier molecular flexibility index (Phi) is 4.76. The number of anilines is 3. The van der Waals surface area contributed by atoms with Crippen LogP contribution in [0.1, 0.15) is 29.5 Å². The number of carbonyl (C=O) groups excluding carboxylic acids is 1. The van der Waals surface area contributed by atoms with E-state index in [0.717, 1.165) is 54.1 Å². The van der Waals surface area contributed by atoms with Crippen LogP contribution in [0.2, 0.25) is 0 Å². The molecule has 6 nitrogen and oxygen atoms in total. The van der Waals surface area contributed by atoms with Crippen molar-refractivity contribution in [3.8, 4) is 11.5 Å². The summed E-state index contributed by atoms with van der Waals surface area (Å²) in [6, 6.07) is 17.9. The standard InChI is InChI=1S/C28H26N2O4/c31-25-19-13-7-15-29-16-8-14-20(23(19)29)26(32)21(25)22-27(33)24(28(22)34)30(17-9-3-1-4-10-17)18-11-5-2-6-12-18/h1-6,9-12,24,31-33H,7-8,13-16H2. The summed E-state index contributed by atoms with van der Waals surface area (Å²) in [4.78, 5) is 17.6. The highest BCUT2D eigenvalue weighted by Gasteiger charge is 2.48.